The van der Waals surface area contributed by atoms with E-state index in [0.717, 1.165) is 24.8 Å². The first kappa shape index (κ1) is 20.3. The summed E-state index contributed by atoms with van der Waals surface area (Å²) in [5.41, 5.74) is 1.18. The third kappa shape index (κ3) is 6.72. The minimum Gasteiger partial charge on any atom is -0.357 e. The Labute approximate surface area is 161 Å². The fourth-order valence-electron chi connectivity index (χ4n) is 2.55. The molecule has 6 nitrogen and oxygen atoms in total. The van der Waals surface area contributed by atoms with Gasteiger partial charge in [-0.1, -0.05) is 18.2 Å². The van der Waals surface area contributed by atoms with Gasteiger partial charge in [-0.05, 0) is 33.2 Å². The molecule has 2 N–H and O–H groups in total. The normalized spacial score (nSPS) is 13.0. The molecule has 1 unspecified atom stereocenters. The monoisotopic (exact) mass is 374 g/mol. The first-order chi connectivity index (χ1) is 12.6. The highest BCUT2D eigenvalue weighted by atomic mass is 32.2. The van der Waals surface area contributed by atoms with Crippen LogP contribution in [0.5, 0.6) is 0 Å². The van der Waals surface area contributed by atoms with Crippen molar-refractivity contribution in [1.82, 2.24) is 25.3 Å². The molecule has 0 aliphatic heterocycles. The maximum atomic E-state index is 4.77. The molecule has 0 saturated carbocycles. The second-order valence-electron chi connectivity index (χ2n) is 6.23. The third-order valence-corrected chi connectivity index (χ3v) is 4.92. The molecule has 1 aromatic heterocycles. The van der Waals surface area contributed by atoms with Gasteiger partial charge in [0.05, 0.1) is 18.8 Å². The van der Waals surface area contributed by atoms with Gasteiger partial charge in [0.1, 0.15) is 0 Å². The second kappa shape index (κ2) is 10.9. The van der Waals surface area contributed by atoms with Gasteiger partial charge in [-0.2, -0.15) is 5.10 Å². The van der Waals surface area contributed by atoms with Crippen LogP contribution in [-0.2, 0) is 7.05 Å². The van der Waals surface area contributed by atoms with Gasteiger partial charge in [0, 0.05) is 42.5 Å². The fraction of sp³-hybridized carbons (Fsp3) is 0.474. The van der Waals surface area contributed by atoms with E-state index < -0.39 is 0 Å². The first-order valence-corrected chi connectivity index (χ1v) is 9.93. The molecule has 0 saturated heterocycles. The molecule has 2 aromatic rings. The fourth-order valence-corrected chi connectivity index (χ4v) is 3.34. The Morgan fingerprint density at radius 3 is 2.65 bits per heavy atom. The summed E-state index contributed by atoms with van der Waals surface area (Å²) >= 11 is 1.84. The minimum absolute atomic E-state index is 0.206. The second-order valence-corrected chi connectivity index (χ2v) is 7.40. The number of likely N-dealkylation sites (N-methyl/N-ethyl adjacent to an activating group) is 1. The molecule has 0 aliphatic rings. The lowest BCUT2D eigenvalue weighted by molar-refractivity contribution is 0.306. The molecular weight excluding hydrogens is 344 g/mol. The van der Waals surface area contributed by atoms with Crippen LogP contribution >= 0.6 is 11.8 Å². The average Bonchev–Trinajstić information content (AvgIpc) is 3.05. The Morgan fingerprint density at radius 1 is 1.27 bits per heavy atom. The van der Waals surface area contributed by atoms with E-state index in [1.54, 1.807) is 0 Å². The van der Waals surface area contributed by atoms with Gasteiger partial charge < -0.3 is 15.5 Å². The van der Waals surface area contributed by atoms with E-state index in [1.165, 1.54) is 10.5 Å². The van der Waals surface area contributed by atoms with Crippen LogP contribution in [0.15, 0.2) is 52.6 Å². The highest BCUT2D eigenvalue weighted by Gasteiger charge is 2.15. The maximum absolute atomic E-state index is 4.77. The highest BCUT2D eigenvalue weighted by molar-refractivity contribution is 7.99. The van der Waals surface area contributed by atoms with Crippen molar-refractivity contribution < 1.29 is 0 Å². The third-order valence-electron chi connectivity index (χ3n) is 3.91. The summed E-state index contributed by atoms with van der Waals surface area (Å²) in [6.45, 7) is 4.47. The summed E-state index contributed by atoms with van der Waals surface area (Å²) in [6, 6.07) is 10.7. The molecule has 7 heteroatoms. The van der Waals surface area contributed by atoms with Crippen molar-refractivity contribution in [3.63, 3.8) is 0 Å². The van der Waals surface area contributed by atoms with Crippen molar-refractivity contribution in [2.24, 2.45) is 12.0 Å². The Morgan fingerprint density at radius 2 is 2.04 bits per heavy atom. The molecule has 1 aromatic carbocycles. The number of aromatic nitrogens is 2. The maximum Gasteiger partial charge on any atom is 0.191 e. The van der Waals surface area contributed by atoms with Crippen LogP contribution in [0.4, 0.5) is 0 Å². The van der Waals surface area contributed by atoms with Crippen LogP contribution in [-0.4, -0.2) is 60.1 Å². The molecule has 142 valence electrons. The van der Waals surface area contributed by atoms with E-state index in [2.05, 4.69) is 72.1 Å². The largest absolute Gasteiger partial charge is 0.357 e. The number of aryl methyl sites for hydroxylation is 1. The Bertz CT molecular complexity index is 668. The molecular formula is C19H30N6S. The lowest BCUT2D eigenvalue weighted by Crippen LogP contribution is -2.39. The lowest BCUT2D eigenvalue weighted by atomic mass is 10.1. The molecule has 1 atom stereocenters. The first-order valence-electron chi connectivity index (χ1n) is 8.95. The number of hydrogen-bond donors (Lipinski definition) is 2. The zero-order valence-electron chi connectivity index (χ0n) is 16.1. The standard InChI is InChI=1S/C19H30N6S/c1-5-20-19(21-11-12-26-17-9-7-6-8-10-17)22-14-18(24(2)3)16-13-23-25(4)15-16/h6-10,13,15,18H,5,11-12,14H2,1-4H3,(H2,20,21,22). The highest BCUT2D eigenvalue weighted by Crippen LogP contribution is 2.18. The van der Waals surface area contributed by atoms with Crippen molar-refractivity contribution in [2.45, 2.75) is 17.9 Å². The van der Waals surface area contributed by atoms with Crippen molar-refractivity contribution in [3.8, 4) is 0 Å². The van der Waals surface area contributed by atoms with Crippen LogP contribution in [0.2, 0.25) is 0 Å². The number of rotatable bonds is 9. The SMILES string of the molecule is CCNC(=NCC(c1cnn(C)c1)N(C)C)NCCSc1ccccc1. The zero-order valence-corrected chi connectivity index (χ0v) is 17.0. The number of nitrogens with zero attached hydrogens (tertiary/aromatic N) is 4. The number of benzene rings is 1. The van der Waals surface area contributed by atoms with Gasteiger partial charge in [0.2, 0.25) is 0 Å². The summed E-state index contributed by atoms with van der Waals surface area (Å²) in [5.74, 6) is 1.85. The number of thioether (sulfide) groups is 1. The Hall–Kier alpha value is -1.99. The van der Waals surface area contributed by atoms with Crippen LogP contribution in [0.3, 0.4) is 0 Å². The van der Waals surface area contributed by atoms with E-state index in [1.807, 2.05) is 35.8 Å². The van der Waals surface area contributed by atoms with Gasteiger partial charge >= 0.3 is 0 Å². The molecule has 0 bridgehead atoms. The molecule has 0 aliphatic carbocycles. The van der Waals surface area contributed by atoms with Gasteiger partial charge in [0.15, 0.2) is 5.96 Å². The van der Waals surface area contributed by atoms with Crippen LogP contribution in [0.25, 0.3) is 0 Å². The van der Waals surface area contributed by atoms with E-state index in [-0.39, 0.29) is 6.04 Å². The molecule has 0 spiro atoms. The minimum atomic E-state index is 0.206. The predicted octanol–water partition coefficient (Wildman–Crippen LogP) is 2.37. The Balaban J connectivity index is 1.87. The molecule has 0 fully saturated rings. The van der Waals surface area contributed by atoms with Crippen molar-refractivity contribution >= 4 is 17.7 Å². The zero-order chi connectivity index (χ0) is 18.8. The van der Waals surface area contributed by atoms with Crippen molar-refractivity contribution in [2.75, 3.05) is 39.5 Å². The van der Waals surface area contributed by atoms with E-state index in [9.17, 15) is 0 Å². The van der Waals surface area contributed by atoms with Gasteiger partial charge in [-0.15, -0.1) is 11.8 Å². The van der Waals surface area contributed by atoms with Gasteiger partial charge in [-0.25, -0.2) is 0 Å². The Kier molecular flexibility index (Phi) is 8.50. The average molecular weight is 375 g/mol. The summed E-state index contributed by atoms with van der Waals surface area (Å²) in [4.78, 5) is 8.24. The number of guanidine groups is 1. The molecule has 0 radical (unpaired) electrons. The predicted molar refractivity (Wildman–Crippen MR) is 111 cm³/mol. The van der Waals surface area contributed by atoms with Crippen molar-refractivity contribution in [1.29, 1.82) is 0 Å². The van der Waals surface area contributed by atoms with Crippen LogP contribution in [0.1, 0.15) is 18.5 Å². The number of aliphatic imine (C=N–C) groups is 1. The van der Waals surface area contributed by atoms with Gasteiger partial charge in [-0.3, -0.25) is 9.67 Å². The van der Waals surface area contributed by atoms with Crippen LogP contribution < -0.4 is 10.6 Å². The van der Waals surface area contributed by atoms with E-state index in [0.29, 0.717) is 6.54 Å². The van der Waals surface area contributed by atoms with E-state index >= 15 is 0 Å². The quantitative estimate of drug-likeness (QED) is 0.305. The van der Waals surface area contributed by atoms with Gasteiger partial charge in [0.25, 0.3) is 0 Å². The lowest BCUT2D eigenvalue weighted by Gasteiger charge is -2.22. The topological polar surface area (TPSA) is 57.5 Å². The molecule has 26 heavy (non-hydrogen) atoms. The molecule has 2 rings (SSSR count). The van der Waals surface area contributed by atoms with Crippen molar-refractivity contribution in [3.05, 3.63) is 48.3 Å². The summed E-state index contributed by atoms with van der Waals surface area (Å²) < 4.78 is 1.83. The van der Waals surface area contributed by atoms with Crippen LogP contribution in [0, 0.1) is 0 Å². The number of hydrogen-bond acceptors (Lipinski definition) is 4. The van der Waals surface area contributed by atoms with E-state index in [4.69, 9.17) is 4.99 Å². The molecule has 1 heterocycles. The summed E-state index contributed by atoms with van der Waals surface area (Å²) in [6.07, 6.45) is 3.97. The molecule has 0 amide bonds. The summed E-state index contributed by atoms with van der Waals surface area (Å²) in [7, 11) is 6.09. The summed E-state index contributed by atoms with van der Waals surface area (Å²) in [5, 5.41) is 11.0. The smallest absolute Gasteiger partial charge is 0.191 e. The number of nitrogens with one attached hydrogen (secondary N) is 2.